The summed E-state index contributed by atoms with van der Waals surface area (Å²) < 4.78 is 29.3. The minimum atomic E-state index is -2.98. The Bertz CT molecular complexity index is 715. The van der Waals surface area contributed by atoms with Crippen LogP contribution in [0.1, 0.15) is 23.2 Å². The number of nitrogens with one attached hydrogen (secondary N) is 1. The van der Waals surface area contributed by atoms with Gasteiger partial charge in [-0.2, -0.15) is 13.9 Å². The summed E-state index contributed by atoms with van der Waals surface area (Å²) in [6.45, 7) is -1.75. The van der Waals surface area contributed by atoms with Crippen molar-refractivity contribution in [2.24, 2.45) is 0 Å². The van der Waals surface area contributed by atoms with Crippen LogP contribution >= 0.6 is 0 Å². The largest absolute Gasteiger partial charge is 0.434 e. The van der Waals surface area contributed by atoms with Crippen molar-refractivity contribution in [1.82, 2.24) is 15.5 Å². The summed E-state index contributed by atoms with van der Waals surface area (Å²) in [6, 6.07) is 9.73. The zero-order valence-corrected chi connectivity index (χ0v) is 13.4. The third-order valence-electron chi connectivity index (χ3n) is 4.08. The van der Waals surface area contributed by atoms with E-state index < -0.39 is 12.5 Å². The Morgan fingerprint density at radius 1 is 1.32 bits per heavy atom. The number of halogens is 2. The van der Waals surface area contributed by atoms with Crippen molar-refractivity contribution < 1.29 is 18.3 Å². The second-order valence-corrected chi connectivity index (χ2v) is 5.66. The van der Waals surface area contributed by atoms with Crippen LogP contribution in [0.3, 0.4) is 0 Å². The van der Waals surface area contributed by atoms with E-state index in [2.05, 4.69) is 25.2 Å². The summed E-state index contributed by atoms with van der Waals surface area (Å²) in [4.78, 5) is 14.5. The molecule has 25 heavy (non-hydrogen) atoms. The molecule has 0 aliphatic carbocycles. The molecule has 1 saturated heterocycles. The summed E-state index contributed by atoms with van der Waals surface area (Å²) in [5.74, 6) is 0.190. The van der Waals surface area contributed by atoms with E-state index in [-0.39, 0.29) is 17.4 Å². The highest BCUT2D eigenvalue weighted by Gasteiger charge is 2.26. The molecule has 1 fully saturated rings. The third-order valence-corrected chi connectivity index (χ3v) is 4.08. The van der Waals surface area contributed by atoms with E-state index in [1.165, 1.54) is 12.1 Å². The van der Waals surface area contributed by atoms with E-state index in [0.29, 0.717) is 6.54 Å². The summed E-state index contributed by atoms with van der Waals surface area (Å²) in [6.07, 6.45) is 3.50. The van der Waals surface area contributed by atoms with Crippen LogP contribution in [0, 0.1) is 0 Å². The third kappa shape index (κ3) is 4.20. The molecule has 3 rings (SSSR count). The highest BCUT2D eigenvalue weighted by molar-refractivity contribution is 5.96. The van der Waals surface area contributed by atoms with Crippen LogP contribution in [0.25, 0.3) is 0 Å². The lowest BCUT2D eigenvalue weighted by atomic mass is 10.1. The fraction of sp³-hybridized carbons (Fsp3) is 0.353. The van der Waals surface area contributed by atoms with Gasteiger partial charge in [0.1, 0.15) is 5.75 Å². The van der Waals surface area contributed by atoms with Gasteiger partial charge in [0.15, 0.2) is 5.82 Å². The number of benzene rings is 1. The topological polar surface area (TPSA) is 67.4 Å². The summed E-state index contributed by atoms with van der Waals surface area (Å²) in [5.41, 5.74) is 0.0897. The SMILES string of the molecule is O=C(NC[C@@H]1CCCN1c1cccnn1)c1ccccc1OC(F)F. The predicted octanol–water partition coefficient (Wildman–Crippen LogP) is 2.48. The number of amides is 1. The van der Waals surface area contributed by atoms with Gasteiger partial charge in [0.25, 0.3) is 5.91 Å². The molecule has 1 atom stereocenters. The first-order valence-corrected chi connectivity index (χ1v) is 8.01. The van der Waals surface area contributed by atoms with E-state index in [0.717, 1.165) is 25.2 Å². The molecule has 0 saturated carbocycles. The Balaban J connectivity index is 1.64. The number of anilines is 1. The molecule has 6 nitrogen and oxygen atoms in total. The molecule has 2 aromatic rings. The number of ether oxygens (including phenoxy) is 1. The molecule has 132 valence electrons. The van der Waals surface area contributed by atoms with E-state index in [1.807, 2.05) is 12.1 Å². The minimum Gasteiger partial charge on any atom is -0.434 e. The Labute approximate surface area is 143 Å². The highest BCUT2D eigenvalue weighted by Crippen LogP contribution is 2.23. The Hall–Kier alpha value is -2.77. The number of aromatic nitrogens is 2. The van der Waals surface area contributed by atoms with Crippen molar-refractivity contribution in [3.05, 3.63) is 48.2 Å². The molecule has 1 aliphatic heterocycles. The highest BCUT2D eigenvalue weighted by atomic mass is 19.3. The average molecular weight is 348 g/mol. The van der Waals surface area contributed by atoms with E-state index in [9.17, 15) is 13.6 Å². The van der Waals surface area contributed by atoms with Gasteiger partial charge in [-0.05, 0) is 37.1 Å². The molecule has 0 bridgehead atoms. The maximum atomic E-state index is 12.5. The summed E-state index contributed by atoms with van der Waals surface area (Å²) >= 11 is 0. The van der Waals surface area contributed by atoms with Crippen LogP contribution in [0.15, 0.2) is 42.6 Å². The second-order valence-electron chi connectivity index (χ2n) is 5.66. The molecule has 0 radical (unpaired) electrons. The smallest absolute Gasteiger partial charge is 0.387 e. The lowest BCUT2D eigenvalue weighted by Crippen LogP contribution is -2.40. The van der Waals surface area contributed by atoms with Gasteiger partial charge in [0.2, 0.25) is 0 Å². The van der Waals surface area contributed by atoms with Gasteiger partial charge in [-0.25, -0.2) is 0 Å². The average Bonchev–Trinajstić information content (AvgIpc) is 3.09. The van der Waals surface area contributed by atoms with Crippen LogP contribution in [0.5, 0.6) is 5.75 Å². The first-order valence-electron chi connectivity index (χ1n) is 8.01. The van der Waals surface area contributed by atoms with Gasteiger partial charge in [-0.15, -0.1) is 5.10 Å². The van der Waals surface area contributed by atoms with E-state index in [1.54, 1.807) is 18.3 Å². The number of nitrogens with zero attached hydrogens (tertiary/aromatic N) is 3. The van der Waals surface area contributed by atoms with Gasteiger partial charge in [0.05, 0.1) is 5.56 Å². The Morgan fingerprint density at radius 3 is 2.92 bits per heavy atom. The Kier molecular flexibility index (Phi) is 5.37. The van der Waals surface area contributed by atoms with Crippen molar-refractivity contribution in [2.75, 3.05) is 18.0 Å². The fourth-order valence-electron chi connectivity index (χ4n) is 2.95. The molecule has 2 heterocycles. The molecule has 1 aliphatic rings. The predicted molar refractivity (Wildman–Crippen MR) is 87.8 cm³/mol. The monoisotopic (exact) mass is 348 g/mol. The van der Waals surface area contributed by atoms with Crippen LogP contribution in [0.2, 0.25) is 0 Å². The van der Waals surface area contributed by atoms with Gasteiger partial charge >= 0.3 is 6.61 Å². The summed E-state index contributed by atoms with van der Waals surface area (Å²) in [7, 11) is 0. The lowest BCUT2D eigenvalue weighted by Gasteiger charge is -2.25. The van der Waals surface area contributed by atoms with Gasteiger partial charge < -0.3 is 15.0 Å². The molecule has 0 unspecified atom stereocenters. The van der Waals surface area contributed by atoms with Crippen molar-refractivity contribution in [1.29, 1.82) is 0 Å². The molecule has 1 aromatic heterocycles. The molecule has 1 aromatic carbocycles. The molecule has 1 N–H and O–H groups in total. The number of carbonyl (C=O) groups excluding carboxylic acids is 1. The molecular formula is C17H18F2N4O2. The van der Waals surface area contributed by atoms with Crippen LogP contribution in [0.4, 0.5) is 14.6 Å². The van der Waals surface area contributed by atoms with Crippen LogP contribution < -0.4 is 15.0 Å². The van der Waals surface area contributed by atoms with Gasteiger partial charge in [-0.1, -0.05) is 12.1 Å². The standard InChI is InChI=1S/C17H18F2N4O2/c18-17(19)25-14-7-2-1-6-13(14)16(24)20-11-12-5-4-10-23(12)15-8-3-9-21-22-15/h1-3,6-9,12,17H,4-5,10-11H2,(H,20,24)/t12-/m0/s1. The molecule has 0 spiro atoms. The fourth-order valence-corrected chi connectivity index (χ4v) is 2.95. The maximum absolute atomic E-state index is 12.5. The maximum Gasteiger partial charge on any atom is 0.387 e. The Morgan fingerprint density at radius 2 is 2.16 bits per heavy atom. The molecule has 8 heteroatoms. The molecular weight excluding hydrogens is 330 g/mol. The van der Waals surface area contributed by atoms with Crippen molar-refractivity contribution in [3.63, 3.8) is 0 Å². The van der Waals surface area contributed by atoms with E-state index >= 15 is 0 Å². The van der Waals surface area contributed by atoms with Crippen LogP contribution in [-0.4, -0.2) is 41.8 Å². The molecule has 1 amide bonds. The number of carbonyl (C=O) groups is 1. The summed E-state index contributed by atoms with van der Waals surface area (Å²) in [5, 5.41) is 10.8. The normalized spacial score (nSPS) is 16.9. The second kappa shape index (κ2) is 7.87. The lowest BCUT2D eigenvalue weighted by molar-refractivity contribution is -0.0501. The quantitative estimate of drug-likeness (QED) is 0.869. The van der Waals surface area contributed by atoms with Gasteiger partial charge in [0, 0.05) is 25.3 Å². The van der Waals surface area contributed by atoms with Crippen molar-refractivity contribution in [2.45, 2.75) is 25.5 Å². The zero-order valence-electron chi connectivity index (χ0n) is 13.4. The zero-order chi connectivity index (χ0) is 17.6. The number of hydrogen-bond acceptors (Lipinski definition) is 5. The van der Waals surface area contributed by atoms with Crippen LogP contribution in [-0.2, 0) is 0 Å². The van der Waals surface area contributed by atoms with Crippen molar-refractivity contribution >= 4 is 11.7 Å². The first kappa shape index (κ1) is 17.1. The number of alkyl halides is 2. The first-order chi connectivity index (χ1) is 12.1. The number of para-hydroxylation sites is 1. The van der Waals surface area contributed by atoms with E-state index in [4.69, 9.17) is 0 Å². The number of rotatable bonds is 6. The number of hydrogen-bond donors (Lipinski definition) is 1. The van der Waals surface area contributed by atoms with Gasteiger partial charge in [-0.3, -0.25) is 4.79 Å². The van der Waals surface area contributed by atoms with Crippen molar-refractivity contribution in [3.8, 4) is 5.75 Å². The minimum absolute atomic E-state index is 0.0869.